The van der Waals surface area contributed by atoms with Gasteiger partial charge in [-0.25, -0.2) is 4.68 Å². The molecular formula is C29H23ClF6N4O2. The van der Waals surface area contributed by atoms with Crippen LogP contribution in [-0.2, 0) is 17.1 Å². The van der Waals surface area contributed by atoms with Gasteiger partial charge < -0.3 is 10.2 Å². The molecular weight excluding hydrogens is 586 g/mol. The number of carbonyl (C=O) groups is 2. The smallest absolute Gasteiger partial charge is 0.329 e. The number of nitrogens with one attached hydrogen (secondary N) is 1. The molecule has 2 amide bonds. The zero-order valence-electron chi connectivity index (χ0n) is 21.9. The molecule has 1 aromatic heterocycles. The van der Waals surface area contributed by atoms with Crippen LogP contribution in [0.4, 0.5) is 32.2 Å². The summed E-state index contributed by atoms with van der Waals surface area (Å²) in [5, 5.41) is 7.52. The van der Waals surface area contributed by atoms with Crippen LogP contribution in [0.25, 0.3) is 16.9 Å². The molecule has 0 aliphatic rings. The molecule has 6 nitrogen and oxygen atoms in total. The Morgan fingerprint density at radius 1 is 0.881 bits per heavy atom. The van der Waals surface area contributed by atoms with Gasteiger partial charge in [-0.3, -0.25) is 9.59 Å². The van der Waals surface area contributed by atoms with Gasteiger partial charge in [0.05, 0.1) is 27.5 Å². The number of halogens is 7. The van der Waals surface area contributed by atoms with Crippen LogP contribution in [0.1, 0.15) is 34.8 Å². The SMILES string of the molecule is CCCN(CC(=O)Nc1cc(-c2ccccc2)nn1-c1ccccc1Cl)C(=O)c1cc(C(F)(F)F)cc(C(F)(F)F)c1. The van der Waals surface area contributed by atoms with E-state index in [4.69, 9.17) is 11.6 Å². The molecule has 4 aromatic rings. The molecule has 1 heterocycles. The third-order valence-corrected chi connectivity index (χ3v) is 6.40. The monoisotopic (exact) mass is 608 g/mol. The second kappa shape index (κ2) is 12.3. The molecule has 13 heteroatoms. The van der Waals surface area contributed by atoms with E-state index in [0.29, 0.717) is 28.5 Å². The van der Waals surface area contributed by atoms with Crippen molar-refractivity contribution in [3.63, 3.8) is 0 Å². The number of aromatic nitrogens is 2. The van der Waals surface area contributed by atoms with Crippen molar-refractivity contribution in [2.24, 2.45) is 0 Å². The molecule has 3 aromatic carbocycles. The van der Waals surface area contributed by atoms with E-state index in [2.05, 4.69) is 10.4 Å². The van der Waals surface area contributed by atoms with Crippen LogP contribution in [0, 0.1) is 0 Å². The quantitative estimate of drug-likeness (QED) is 0.208. The second-order valence-corrected chi connectivity index (χ2v) is 9.62. The largest absolute Gasteiger partial charge is 0.416 e. The Morgan fingerprint density at radius 2 is 1.48 bits per heavy atom. The van der Waals surface area contributed by atoms with Crippen LogP contribution in [0.5, 0.6) is 0 Å². The number of hydrogen-bond acceptors (Lipinski definition) is 3. The summed E-state index contributed by atoms with van der Waals surface area (Å²) >= 11 is 6.36. The first-order valence-corrected chi connectivity index (χ1v) is 12.9. The first-order chi connectivity index (χ1) is 19.8. The van der Waals surface area contributed by atoms with Crippen molar-refractivity contribution in [3.8, 4) is 16.9 Å². The van der Waals surface area contributed by atoms with Gasteiger partial charge in [-0.2, -0.15) is 31.4 Å². The second-order valence-electron chi connectivity index (χ2n) is 9.21. The van der Waals surface area contributed by atoms with Crippen molar-refractivity contribution in [2.45, 2.75) is 25.7 Å². The Morgan fingerprint density at radius 3 is 2.05 bits per heavy atom. The zero-order chi connectivity index (χ0) is 30.7. The average Bonchev–Trinajstić information content (AvgIpc) is 3.35. The molecule has 0 aliphatic carbocycles. The Kier molecular flexibility index (Phi) is 8.95. The van der Waals surface area contributed by atoms with Crippen molar-refractivity contribution < 1.29 is 35.9 Å². The van der Waals surface area contributed by atoms with E-state index in [1.807, 2.05) is 6.07 Å². The molecule has 0 atom stereocenters. The van der Waals surface area contributed by atoms with Gasteiger partial charge in [-0.15, -0.1) is 0 Å². The van der Waals surface area contributed by atoms with E-state index >= 15 is 0 Å². The van der Waals surface area contributed by atoms with Crippen molar-refractivity contribution >= 4 is 29.2 Å². The maximum atomic E-state index is 13.4. The van der Waals surface area contributed by atoms with Crippen molar-refractivity contribution in [1.82, 2.24) is 14.7 Å². The number of benzene rings is 3. The number of amides is 2. The average molecular weight is 609 g/mol. The van der Waals surface area contributed by atoms with E-state index < -0.39 is 47.4 Å². The molecule has 0 radical (unpaired) electrons. The molecule has 1 N–H and O–H groups in total. The molecule has 0 bridgehead atoms. The van der Waals surface area contributed by atoms with Gasteiger partial charge in [-0.05, 0) is 36.8 Å². The highest BCUT2D eigenvalue weighted by molar-refractivity contribution is 6.32. The van der Waals surface area contributed by atoms with Gasteiger partial charge in [0, 0.05) is 23.7 Å². The first kappa shape index (κ1) is 30.6. The normalized spacial score (nSPS) is 11.8. The summed E-state index contributed by atoms with van der Waals surface area (Å²) in [7, 11) is 0. The van der Waals surface area contributed by atoms with E-state index in [9.17, 15) is 35.9 Å². The minimum Gasteiger partial charge on any atom is -0.329 e. The van der Waals surface area contributed by atoms with Gasteiger partial charge in [0.1, 0.15) is 12.4 Å². The standard InChI is InChI=1S/C29H23ClF6N4O2/c1-2-12-39(27(42)19-13-20(28(31,32)33)15-21(14-19)29(34,35)36)17-26(41)37-25-16-23(18-8-4-3-5-9-18)38-40(25)24-11-7-6-10-22(24)30/h3-11,13-16H,2,12,17H2,1H3,(H,37,41). The summed E-state index contributed by atoms with van der Waals surface area (Å²) in [4.78, 5) is 27.2. The topological polar surface area (TPSA) is 67.2 Å². The summed E-state index contributed by atoms with van der Waals surface area (Å²) in [5.74, 6) is -1.74. The summed E-state index contributed by atoms with van der Waals surface area (Å²) in [5.41, 5.74) is -2.45. The molecule has 0 aliphatic heterocycles. The predicted octanol–water partition coefficient (Wildman–Crippen LogP) is 7.72. The first-order valence-electron chi connectivity index (χ1n) is 12.6. The van der Waals surface area contributed by atoms with Gasteiger partial charge in [0.2, 0.25) is 5.91 Å². The van der Waals surface area contributed by atoms with Gasteiger partial charge in [-0.1, -0.05) is 61.0 Å². The highest BCUT2D eigenvalue weighted by Crippen LogP contribution is 2.36. The number of alkyl halides is 6. The van der Waals surface area contributed by atoms with E-state index in [1.54, 1.807) is 61.5 Å². The van der Waals surface area contributed by atoms with E-state index in [1.165, 1.54) is 4.68 Å². The minimum atomic E-state index is -5.13. The Labute approximate surface area is 241 Å². The van der Waals surface area contributed by atoms with Crippen LogP contribution in [-0.4, -0.2) is 39.6 Å². The van der Waals surface area contributed by atoms with E-state index in [-0.39, 0.29) is 24.8 Å². The number of rotatable bonds is 8. The lowest BCUT2D eigenvalue weighted by atomic mass is 10.0. The van der Waals surface area contributed by atoms with E-state index in [0.717, 1.165) is 10.5 Å². The Balaban J connectivity index is 1.65. The lowest BCUT2D eigenvalue weighted by Crippen LogP contribution is -2.39. The van der Waals surface area contributed by atoms with Crippen LogP contribution < -0.4 is 5.32 Å². The number of carbonyl (C=O) groups excluding carboxylic acids is 2. The number of nitrogens with zero attached hydrogens (tertiary/aromatic N) is 3. The fourth-order valence-corrected chi connectivity index (χ4v) is 4.38. The third kappa shape index (κ3) is 7.11. The molecule has 0 fully saturated rings. The number of para-hydroxylation sites is 1. The minimum absolute atomic E-state index is 0.0617. The highest BCUT2D eigenvalue weighted by atomic mass is 35.5. The Hall–Kier alpha value is -4.32. The van der Waals surface area contributed by atoms with Gasteiger partial charge in [0.15, 0.2) is 0 Å². The Bertz CT molecular complexity index is 1550. The van der Waals surface area contributed by atoms with Crippen LogP contribution in [0.2, 0.25) is 5.02 Å². The molecule has 0 spiro atoms. The van der Waals surface area contributed by atoms with Gasteiger partial charge in [0.25, 0.3) is 5.91 Å². The fraction of sp³-hybridized carbons (Fsp3) is 0.207. The zero-order valence-corrected chi connectivity index (χ0v) is 22.7. The number of hydrogen-bond donors (Lipinski definition) is 1. The van der Waals surface area contributed by atoms with Crippen LogP contribution in [0.15, 0.2) is 78.9 Å². The molecule has 0 unspecified atom stereocenters. The molecule has 0 saturated carbocycles. The predicted molar refractivity (Wildman–Crippen MR) is 145 cm³/mol. The molecule has 0 saturated heterocycles. The van der Waals surface area contributed by atoms with Crippen LogP contribution >= 0.6 is 11.6 Å². The summed E-state index contributed by atoms with van der Waals surface area (Å²) < 4.78 is 81.5. The maximum absolute atomic E-state index is 13.4. The van der Waals surface area contributed by atoms with Crippen molar-refractivity contribution in [2.75, 3.05) is 18.4 Å². The maximum Gasteiger partial charge on any atom is 0.416 e. The third-order valence-electron chi connectivity index (χ3n) is 6.08. The lowest BCUT2D eigenvalue weighted by Gasteiger charge is -2.23. The number of anilines is 1. The highest BCUT2D eigenvalue weighted by Gasteiger charge is 2.38. The fourth-order valence-electron chi connectivity index (χ4n) is 4.17. The van der Waals surface area contributed by atoms with Crippen LogP contribution in [0.3, 0.4) is 0 Å². The molecule has 42 heavy (non-hydrogen) atoms. The van der Waals surface area contributed by atoms with Crippen molar-refractivity contribution in [1.29, 1.82) is 0 Å². The van der Waals surface area contributed by atoms with Gasteiger partial charge >= 0.3 is 12.4 Å². The molecule has 4 rings (SSSR count). The summed E-state index contributed by atoms with van der Waals surface area (Å²) in [6, 6.07) is 17.9. The summed E-state index contributed by atoms with van der Waals surface area (Å²) in [6.45, 7) is 0.881. The lowest BCUT2D eigenvalue weighted by molar-refractivity contribution is -0.143. The molecule has 220 valence electrons. The summed E-state index contributed by atoms with van der Waals surface area (Å²) in [6.07, 6.45) is -9.98. The van der Waals surface area contributed by atoms with Crippen molar-refractivity contribution in [3.05, 3.63) is 101 Å².